The highest BCUT2D eigenvalue weighted by atomic mass is 79.9. The van der Waals surface area contributed by atoms with Crippen LogP contribution in [-0.4, -0.2) is 4.98 Å². The van der Waals surface area contributed by atoms with E-state index in [9.17, 15) is 0 Å². The van der Waals surface area contributed by atoms with E-state index in [4.69, 9.17) is 0 Å². The summed E-state index contributed by atoms with van der Waals surface area (Å²) in [5, 5.41) is 3.58. The van der Waals surface area contributed by atoms with Gasteiger partial charge in [-0.2, -0.15) is 0 Å². The van der Waals surface area contributed by atoms with Crippen LogP contribution in [-0.2, 0) is 0 Å². The molecule has 0 aliphatic heterocycles. The maximum atomic E-state index is 4.11. The van der Waals surface area contributed by atoms with Crippen LogP contribution in [0.1, 0.15) is 36.4 Å². The highest BCUT2D eigenvalue weighted by Gasteiger charge is 2.12. The fourth-order valence-electron chi connectivity index (χ4n) is 1.77. The molecule has 1 aromatic carbocycles. The maximum absolute atomic E-state index is 4.11. The first-order valence-corrected chi connectivity index (χ1v) is 7.24. The molecule has 0 bridgehead atoms. The molecule has 17 heavy (non-hydrogen) atoms. The number of thiazole rings is 1. The van der Waals surface area contributed by atoms with Gasteiger partial charge in [-0.05, 0) is 31.5 Å². The van der Waals surface area contributed by atoms with Crippen LogP contribution in [0.15, 0.2) is 40.4 Å². The van der Waals surface area contributed by atoms with E-state index in [0.717, 1.165) is 4.47 Å². The van der Waals surface area contributed by atoms with Crippen LogP contribution in [0.25, 0.3) is 0 Å². The fourth-order valence-corrected chi connectivity index (χ4v) is 2.82. The van der Waals surface area contributed by atoms with Gasteiger partial charge in [-0.1, -0.05) is 28.1 Å². The molecule has 2 rings (SSSR count). The Morgan fingerprint density at radius 2 is 2.12 bits per heavy atom. The molecule has 0 aliphatic carbocycles. The lowest BCUT2D eigenvalue weighted by Crippen LogP contribution is -2.21. The molecule has 4 heteroatoms. The summed E-state index contributed by atoms with van der Waals surface area (Å²) in [4.78, 5) is 5.38. The second kappa shape index (κ2) is 5.76. The highest BCUT2D eigenvalue weighted by Crippen LogP contribution is 2.23. The first kappa shape index (κ1) is 12.7. The molecule has 1 unspecified atom stereocenters. The number of nitrogens with zero attached hydrogens (tertiary/aromatic N) is 1. The van der Waals surface area contributed by atoms with Crippen LogP contribution in [0.4, 0.5) is 0 Å². The van der Waals surface area contributed by atoms with E-state index in [-0.39, 0.29) is 0 Å². The third-order valence-electron chi connectivity index (χ3n) is 2.73. The van der Waals surface area contributed by atoms with E-state index in [0.29, 0.717) is 12.1 Å². The molecule has 2 atom stereocenters. The van der Waals surface area contributed by atoms with Gasteiger partial charge in [0.2, 0.25) is 0 Å². The van der Waals surface area contributed by atoms with E-state index in [1.165, 1.54) is 10.4 Å². The minimum atomic E-state index is 0.324. The van der Waals surface area contributed by atoms with Crippen molar-refractivity contribution in [3.8, 4) is 0 Å². The minimum absolute atomic E-state index is 0.324. The van der Waals surface area contributed by atoms with Gasteiger partial charge in [0.05, 0.1) is 5.51 Å². The maximum Gasteiger partial charge on any atom is 0.0794 e. The SMILES string of the molecule is CC(N[C@@H](C)c1cccc(Br)c1)c1cncs1. The standard InChI is InChI=1S/C13H15BrN2S/c1-9(11-4-3-5-12(14)6-11)16-10(2)13-7-15-8-17-13/h3-10,16H,1-2H3/t9-,10?/m0/s1. The number of hydrogen-bond donors (Lipinski definition) is 1. The summed E-state index contributed by atoms with van der Waals surface area (Å²) in [7, 11) is 0. The Morgan fingerprint density at radius 3 is 2.76 bits per heavy atom. The number of aromatic nitrogens is 1. The molecule has 0 amide bonds. The predicted octanol–water partition coefficient (Wildman–Crippen LogP) is 4.32. The Hall–Kier alpha value is -0.710. The van der Waals surface area contributed by atoms with Crippen LogP contribution in [0.3, 0.4) is 0 Å². The van der Waals surface area contributed by atoms with Crippen LogP contribution >= 0.6 is 27.3 Å². The summed E-state index contributed by atoms with van der Waals surface area (Å²) in [6.07, 6.45) is 1.93. The summed E-state index contributed by atoms with van der Waals surface area (Å²) >= 11 is 5.19. The van der Waals surface area contributed by atoms with Crippen LogP contribution in [0, 0.1) is 0 Å². The van der Waals surface area contributed by atoms with Gasteiger partial charge in [-0.15, -0.1) is 11.3 Å². The normalized spacial score (nSPS) is 14.5. The molecule has 0 fully saturated rings. The zero-order valence-corrected chi connectivity index (χ0v) is 12.3. The molecule has 2 nitrogen and oxygen atoms in total. The third kappa shape index (κ3) is 3.37. The zero-order chi connectivity index (χ0) is 12.3. The van der Waals surface area contributed by atoms with Gasteiger partial charge in [-0.25, -0.2) is 0 Å². The van der Waals surface area contributed by atoms with Gasteiger partial charge in [0.25, 0.3) is 0 Å². The Labute approximate surface area is 114 Å². The zero-order valence-electron chi connectivity index (χ0n) is 9.85. The monoisotopic (exact) mass is 310 g/mol. The quantitative estimate of drug-likeness (QED) is 0.909. The lowest BCUT2D eigenvalue weighted by Gasteiger charge is -2.19. The molecule has 90 valence electrons. The summed E-state index contributed by atoms with van der Waals surface area (Å²) in [6, 6.07) is 9.05. The fraction of sp³-hybridized carbons (Fsp3) is 0.308. The van der Waals surface area contributed by atoms with Gasteiger partial charge in [-0.3, -0.25) is 4.98 Å². The molecule has 0 radical (unpaired) electrons. The van der Waals surface area contributed by atoms with Crippen molar-refractivity contribution >= 4 is 27.3 Å². The Morgan fingerprint density at radius 1 is 1.29 bits per heavy atom. The van der Waals surface area contributed by atoms with Gasteiger partial charge >= 0.3 is 0 Å². The molecule has 0 aliphatic rings. The van der Waals surface area contributed by atoms with Crippen molar-refractivity contribution in [1.82, 2.24) is 10.3 Å². The van der Waals surface area contributed by atoms with E-state index in [2.05, 4.69) is 58.3 Å². The molecule has 1 aromatic heterocycles. The largest absolute Gasteiger partial charge is 0.303 e. The molecule has 1 heterocycles. The Kier molecular flexibility index (Phi) is 4.31. The van der Waals surface area contributed by atoms with Gasteiger partial charge in [0, 0.05) is 27.6 Å². The Bertz CT molecular complexity index is 470. The first-order valence-electron chi connectivity index (χ1n) is 5.56. The lowest BCUT2D eigenvalue weighted by atomic mass is 10.1. The third-order valence-corrected chi connectivity index (χ3v) is 4.18. The number of hydrogen-bond acceptors (Lipinski definition) is 3. The van der Waals surface area contributed by atoms with Crippen LogP contribution < -0.4 is 5.32 Å². The average Bonchev–Trinajstić information content (AvgIpc) is 2.82. The number of halogens is 1. The molecular weight excluding hydrogens is 296 g/mol. The van der Waals surface area contributed by atoms with E-state index in [1.807, 2.05) is 17.8 Å². The molecule has 1 N–H and O–H groups in total. The number of benzene rings is 1. The molecular formula is C13H15BrN2S. The van der Waals surface area contributed by atoms with Crippen molar-refractivity contribution in [3.63, 3.8) is 0 Å². The van der Waals surface area contributed by atoms with Gasteiger partial charge in [0.15, 0.2) is 0 Å². The molecule has 2 aromatic rings. The number of nitrogens with one attached hydrogen (secondary N) is 1. The molecule has 0 spiro atoms. The van der Waals surface area contributed by atoms with Crippen LogP contribution in [0.2, 0.25) is 0 Å². The summed E-state index contributed by atoms with van der Waals surface area (Å²) < 4.78 is 1.12. The van der Waals surface area contributed by atoms with Crippen molar-refractivity contribution in [2.45, 2.75) is 25.9 Å². The van der Waals surface area contributed by atoms with Crippen molar-refractivity contribution in [1.29, 1.82) is 0 Å². The van der Waals surface area contributed by atoms with Gasteiger partial charge < -0.3 is 5.32 Å². The van der Waals surface area contributed by atoms with Crippen molar-refractivity contribution < 1.29 is 0 Å². The summed E-state index contributed by atoms with van der Waals surface area (Å²) in [5.74, 6) is 0. The lowest BCUT2D eigenvalue weighted by molar-refractivity contribution is 0.499. The van der Waals surface area contributed by atoms with E-state index in [1.54, 1.807) is 11.3 Å². The van der Waals surface area contributed by atoms with Crippen molar-refractivity contribution in [3.05, 3.63) is 50.9 Å². The van der Waals surface area contributed by atoms with Crippen LogP contribution in [0.5, 0.6) is 0 Å². The topological polar surface area (TPSA) is 24.9 Å². The van der Waals surface area contributed by atoms with Crippen molar-refractivity contribution in [2.75, 3.05) is 0 Å². The second-order valence-corrected chi connectivity index (χ2v) is 5.90. The smallest absolute Gasteiger partial charge is 0.0794 e. The summed E-state index contributed by atoms with van der Waals surface area (Å²) in [6.45, 7) is 4.35. The van der Waals surface area contributed by atoms with E-state index < -0.39 is 0 Å². The Balaban J connectivity index is 2.04. The number of rotatable bonds is 4. The average molecular weight is 311 g/mol. The minimum Gasteiger partial charge on any atom is -0.303 e. The molecule has 0 saturated carbocycles. The van der Waals surface area contributed by atoms with Gasteiger partial charge in [0.1, 0.15) is 0 Å². The molecule has 0 saturated heterocycles. The second-order valence-electron chi connectivity index (χ2n) is 4.07. The summed E-state index contributed by atoms with van der Waals surface area (Å²) in [5.41, 5.74) is 3.16. The van der Waals surface area contributed by atoms with E-state index >= 15 is 0 Å². The first-order chi connectivity index (χ1) is 8.16. The predicted molar refractivity (Wildman–Crippen MR) is 76.2 cm³/mol. The highest BCUT2D eigenvalue weighted by molar-refractivity contribution is 9.10. The van der Waals surface area contributed by atoms with Crippen molar-refractivity contribution in [2.24, 2.45) is 0 Å².